The zero-order chi connectivity index (χ0) is 15.8. The largest absolute Gasteiger partial charge is 0.310 e. The smallest absolute Gasteiger partial charge is 0.0982 e. The lowest BCUT2D eigenvalue weighted by atomic mass is 9.92. The second-order valence-corrected chi connectivity index (χ2v) is 8.59. The molecule has 0 radical (unpaired) electrons. The molecule has 4 heteroatoms. The van der Waals surface area contributed by atoms with Crippen molar-refractivity contribution in [2.24, 2.45) is 5.92 Å². The van der Waals surface area contributed by atoms with Gasteiger partial charge in [0.2, 0.25) is 0 Å². The average Bonchev–Trinajstić information content (AvgIpc) is 2.99. The van der Waals surface area contributed by atoms with E-state index in [1.807, 2.05) is 11.3 Å². The highest BCUT2D eigenvalue weighted by molar-refractivity contribution is 7.18. The second kappa shape index (κ2) is 6.50. The fourth-order valence-corrected chi connectivity index (χ4v) is 5.08. The van der Waals surface area contributed by atoms with Crippen LogP contribution in [0.5, 0.6) is 0 Å². The van der Waals surface area contributed by atoms with E-state index in [1.54, 1.807) is 0 Å². The summed E-state index contributed by atoms with van der Waals surface area (Å²) in [6.07, 6.45) is 5.16. The topological polar surface area (TPSA) is 28.2 Å². The Labute approximate surface area is 143 Å². The summed E-state index contributed by atoms with van der Waals surface area (Å²) in [6, 6.07) is 7.44. The van der Waals surface area contributed by atoms with E-state index in [0.717, 1.165) is 19.0 Å². The molecular formula is C19H27N3S. The van der Waals surface area contributed by atoms with Gasteiger partial charge in [-0.2, -0.15) is 0 Å². The number of hydrogen-bond acceptors (Lipinski definition) is 4. The Morgan fingerprint density at radius 1 is 1.26 bits per heavy atom. The van der Waals surface area contributed by atoms with Crippen molar-refractivity contribution in [3.8, 4) is 0 Å². The number of hydrogen-bond donors (Lipinski definition) is 1. The van der Waals surface area contributed by atoms with Crippen molar-refractivity contribution >= 4 is 21.6 Å². The van der Waals surface area contributed by atoms with Crippen LogP contribution in [0.4, 0.5) is 0 Å². The van der Waals surface area contributed by atoms with E-state index >= 15 is 0 Å². The first-order valence-corrected chi connectivity index (χ1v) is 9.83. The first kappa shape index (κ1) is 15.6. The maximum atomic E-state index is 5.01. The van der Waals surface area contributed by atoms with Crippen LogP contribution in [-0.2, 0) is 0 Å². The highest BCUT2D eigenvalue weighted by Gasteiger charge is 2.23. The van der Waals surface area contributed by atoms with Crippen LogP contribution in [0, 0.1) is 5.92 Å². The third-order valence-electron chi connectivity index (χ3n) is 5.47. The van der Waals surface area contributed by atoms with Gasteiger partial charge in [0.05, 0.1) is 15.2 Å². The fourth-order valence-electron chi connectivity index (χ4n) is 4.00. The summed E-state index contributed by atoms with van der Waals surface area (Å²) in [4.78, 5) is 7.45. The van der Waals surface area contributed by atoms with Gasteiger partial charge in [0.15, 0.2) is 0 Å². The quantitative estimate of drug-likeness (QED) is 0.896. The third kappa shape index (κ3) is 3.30. The summed E-state index contributed by atoms with van der Waals surface area (Å²) in [6.45, 7) is 5.87. The summed E-state index contributed by atoms with van der Waals surface area (Å²) in [5.74, 6) is 1.44. The molecule has 0 spiro atoms. The second-order valence-electron chi connectivity index (χ2n) is 7.52. The number of nitrogens with zero attached hydrogens (tertiary/aromatic N) is 2. The van der Waals surface area contributed by atoms with Crippen LogP contribution in [0.3, 0.4) is 0 Å². The Morgan fingerprint density at radius 2 is 2.17 bits per heavy atom. The molecule has 0 saturated carbocycles. The molecular weight excluding hydrogens is 302 g/mol. The van der Waals surface area contributed by atoms with Gasteiger partial charge in [-0.15, -0.1) is 11.3 Å². The van der Waals surface area contributed by atoms with Gasteiger partial charge in [-0.1, -0.05) is 13.0 Å². The van der Waals surface area contributed by atoms with E-state index in [9.17, 15) is 0 Å². The molecule has 124 valence electrons. The Morgan fingerprint density at radius 3 is 2.96 bits per heavy atom. The first-order valence-electron chi connectivity index (χ1n) is 9.01. The van der Waals surface area contributed by atoms with E-state index in [-0.39, 0.29) is 0 Å². The van der Waals surface area contributed by atoms with Gasteiger partial charge in [0, 0.05) is 18.5 Å². The molecule has 0 bridgehead atoms. The SMILES string of the molecule is C[C@H]1CC[C@H](c2ccc3sc([C@H]4CCCN(C)C4)nc3c2)NC1. The minimum atomic E-state index is 0.515. The van der Waals surface area contributed by atoms with Crippen LogP contribution in [0.2, 0.25) is 0 Å². The molecule has 3 atom stereocenters. The van der Waals surface area contributed by atoms with Gasteiger partial charge >= 0.3 is 0 Å². The molecule has 3 heterocycles. The number of likely N-dealkylation sites (N-methyl/N-ethyl adjacent to an activating group) is 1. The molecule has 2 fully saturated rings. The number of aromatic nitrogens is 1. The Bertz CT molecular complexity index is 672. The Hall–Kier alpha value is -0.970. The van der Waals surface area contributed by atoms with Gasteiger partial charge in [-0.05, 0) is 69.4 Å². The van der Waals surface area contributed by atoms with Crippen molar-refractivity contribution in [3.05, 3.63) is 28.8 Å². The Kier molecular flexibility index (Phi) is 4.39. The van der Waals surface area contributed by atoms with E-state index in [1.165, 1.54) is 53.0 Å². The van der Waals surface area contributed by atoms with Crippen LogP contribution in [-0.4, -0.2) is 36.6 Å². The molecule has 2 aliphatic rings. The lowest BCUT2D eigenvalue weighted by molar-refractivity contribution is 0.250. The molecule has 2 aromatic rings. The summed E-state index contributed by atoms with van der Waals surface area (Å²) in [5, 5.41) is 5.04. The predicted molar refractivity (Wildman–Crippen MR) is 98.2 cm³/mol. The number of piperidine rings is 2. The highest BCUT2D eigenvalue weighted by atomic mass is 32.1. The molecule has 1 aromatic carbocycles. The van der Waals surface area contributed by atoms with Crippen molar-refractivity contribution in [2.45, 2.75) is 44.6 Å². The van der Waals surface area contributed by atoms with Crippen LogP contribution in [0.15, 0.2) is 18.2 Å². The molecule has 1 aromatic heterocycles. The average molecular weight is 330 g/mol. The van der Waals surface area contributed by atoms with Crippen molar-refractivity contribution in [1.29, 1.82) is 0 Å². The summed E-state index contributed by atoms with van der Waals surface area (Å²) in [7, 11) is 2.23. The molecule has 4 rings (SSSR count). The maximum Gasteiger partial charge on any atom is 0.0982 e. The van der Waals surface area contributed by atoms with E-state index in [0.29, 0.717) is 12.0 Å². The summed E-state index contributed by atoms with van der Waals surface area (Å²) < 4.78 is 1.35. The zero-order valence-electron chi connectivity index (χ0n) is 14.2. The zero-order valence-corrected chi connectivity index (χ0v) is 15.0. The van der Waals surface area contributed by atoms with Gasteiger partial charge in [-0.25, -0.2) is 4.98 Å². The monoisotopic (exact) mass is 329 g/mol. The van der Waals surface area contributed by atoms with Gasteiger partial charge in [-0.3, -0.25) is 0 Å². The molecule has 3 nitrogen and oxygen atoms in total. The maximum absolute atomic E-state index is 5.01. The van der Waals surface area contributed by atoms with E-state index < -0.39 is 0 Å². The van der Waals surface area contributed by atoms with Gasteiger partial charge in [0.1, 0.15) is 0 Å². The minimum Gasteiger partial charge on any atom is -0.310 e. The van der Waals surface area contributed by atoms with E-state index in [2.05, 4.69) is 42.4 Å². The fraction of sp³-hybridized carbons (Fsp3) is 0.632. The molecule has 0 unspecified atom stereocenters. The number of nitrogens with one attached hydrogen (secondary N) is 1. The van der Waals surface area contributed by atoms with Crippen LogP contribution in [0.1, 0.15) is 55.1 Å². The van der Waals surface area contributed by atoms with Gasteiger partial charge in [0.25, 0.3) is 0 Å². The molecule has 2 saturated heterocycles. The highest BCUT2D eigenvalue weighted by Crippen LogP contribution is 2.34. The van der Waals surface area contributed by atoms with Crippen molar-refractivity contribution in [3.63, 3.8) is 0 Å². The van der Waals surface area contributed by atoms with Crippen LogP contribution >= 0.6 is 11.3 Å². The molecule has 1 N–H and O–H groups in total. The summed E-state index contributed by atoms with van der Waals surface area (Å²) >= 11 is 1.90. The standard InChI is InChI=1S/C19H27N3S/c1-13-5-7-16(20-11-13)14-6-8-18-17(10-14)21-19(23-18)15-4-3-9-22(2)12-15/h6,8,10,13,15-16,20H,3-5,7,9,11-12H2,1-2H3/t13-,15-,16+/m0/s1. The molecule has 0 aliphatic carbocycles. The molecule has 0 amide bonds. The number of fused-ring (bicyclic) bond motifs is 1. The van der Waals surface area contributed by atoms with Crippen LogP contribution < -0.4 is 5.32 Å². The third-order valence-corrected chi connectivity index (χ3v) is 6.66. The van der Waals surface area contributed by atoms with Crippen molar-refractivity contribution in [2.75, 3.05) is 26.7 Å². The number of thiazole rings is 1. The predicted octanol–water partition coefficient (Wildman–Crippen LogP) is 4.17. The number of benzene rings is 1. The van der Waals surface area contributed by atoms with Crippen LogP contribution in [0.25, 0.3) is 10.2 Å². The van der Waals surface area contributed by atoms with Crippen molar-refractivity contribution < 1.29 is 0 Å². The minimum absolute atomic E-state index is 0.515. The van der Waals surface area contributed by atoms with E-state index in [4.69, 9.17) is 4.98 Å². The lowest BCUT2D eigenvalue weighted by Crippen LogP contribution is -2.31. The Balaban J connectivity index is 1.57. The molecule has 23 heavy (non-hydrogen) atoms. The van der Waals surface area contributed by atoms with Crippen molar-refractivity contribution in [1.82, 2.24) is 15.2 Å². The lowest BCUT2D eigenvalue weighted by Gasteiger charge is -2.28. The summed E-state index contributed by atoms with van der Waals surface area (Å²) in [5.41, 5.74) is 2.62. The number of rotatable bonds is 2. The molecule has 2 aliphatic heterocycles. The number of likely N-dealkylation sites (tertiary alicyclic amines) is 1. The normalized spacial score (nSPS) is 29.9. The first-order chi connectivity index (χ1) is 11.2. The van der Waals surface area contributed by atoms with Gasteiger partial charge < -0.3 is 10.2 Å².